The van der Waals surface area contributed by atoms with Crippen molar-refractivity contribution in [3.63, 3.8) is 0 Å². The van der Waals surface area contributed by atoms with Gasteiger partial charge in [0, 0.05) is 0 Å². The Morgan fingerprint density at radius 1 is 0.957 bits per heavy atom. The second-order valence-corrected chi connectivity index (χ2v) is 8.96. The Morgan fingerprint density at radius 3 is 1.91 bits per heavy atom. The van der Waals surface area contributed by atoms with Gasteiger partial charge in [0.25, 0.3) is 0 Å². The lowest BCUT2D eigenvalue weighted by molar-refractivity contribution is -0.203. The minimum Gasteiger partial charge on any atom is -0.469 e. The van der Waals surface area contributed by atoms with Gasteiger partial charge in [0.2, 0.25) is 0 Å². The van der Waals surface area contributed by atoms with Crippen LogP contribution in [0.1, 0.15) is 52.4 Å². The van der Waals surface area contributed by atoms with E-state index in [-0.39, 0.29) is 16.2 Å². The minimum atomic E-state index is -1.45. The Hall–Kier alpha value is -1.10. The Labute approximate surface area is 137 Å². The van der Waals surface area contributed by atoms with Crippen LogP contribution >= 0.6 is 0 Å². The molecule has 23 heavy (non-hydrogen) atoms. The fraction of sp³-hybridized carbons (Fsp3) is 0.889. The maximum atomic E-state index is 12.5. The molecule has 0 heterocycles. The molecule has 1 N–H and O–H groups in total. The zero-order valence-corrected chi connectivity index (χ0v) is 14.6. The van der Waals surface area contributed by atoms with Gasteiger partial charge in [0.15, 0.2) is 6.10 Å². The molecule has 5 nitrogen and oxygen atoms in total. The lowest BCUT2D eigenvalue weighted by Gasteiger charge is -2.67. The Morgan fingerprint density at radius 2 is 1.48 bits per heavy atom. The van der Waals surface area contributed by atoms with Gasteiger partial charge in [-0.25, -0.2) is 4.79 Å². The molecular weight excluding hydrogens is 296 g/mol. The summed E-state index contributed by atoms with van der Waals surface area (Å²) < 4.78 is 9.68. The lowest BCUT2D eigenvalue weighted by atomic mass is 9.38. The highest BCUT2D eigenvalue weighted by Gasteiger charge is 2.65. The summed E-state index contributed by atoms with van der Waals surface area (Å²) in [5.74, 6) is -1.50. The molecule has 0 radical (unpaired) electrons. The van der Waals surface area contributed by atoms with Crippen molar-refractivity contribution in [2.45, 2.75) is 58.5 Å². The molecule has 4 rings (SSSR count). The molecule has 0 amide bonds. The number of esters is 2. The molecule has 4 saturated carbocycles. The van der Waals surface area contributed by atoms with Gasteiger partial charge in [0.05, 0.1) is 20.1 Å². The van der Waals surface area contributed by atoms with Gasteiger partial charge in [0.1, 0.15) is 0 Å². The van der Waals surface area contributed by atoms with Crippen molar-refractivity contribution in [1.82, 2.24) is 0 Å². The molecule has 5 heteroatoms. The maximum absolute atomic E-state index is 12.5. The zero-order chi connectivity index (χ0) is 17.0. The summed E-state index contributed by atoms with van der Waals surface area (Å²) in [5.41, 5.74) is 0.0240. The summed E-state index contributed by atoms with van der Waals surface area (Å²) >= 11 is 0. The van der Waals surface area contributed by atoms with Crippen molar-refractivity contribution >= 4 is 11.9 Å². The summed E-state index contributed by atoms with van der Waals surface area (Å²) in [7, 11) is 2.56. The number of aliphatic hydroxyl groups is 1. The summed E-state index contributed by atoms with van der Waals surface area (Å²) in [4.78, 5) is 24.5. The maximum Gasteiger partial charge on any atom is 0.335 e. The van der Waals surface area contributed by atoms with Gasteiger partial charge in [-0.05, 0) is 60.7 Å². The van der Waals surface area contributed by atoms with E-state index in [1.54, 1.807) is 0 Å². The molecule has 6 atom stereocenters. The fourth-order valence-corrected chi connectivity index (χ4v) is 6.98. The monoisotopic (exact) mass is 324 g/mol. The molecule has 4 aliphatic carbocycles. The molecule has 4 fully saturated rings. The van der Waals surface area contributed by atoms with Crippen LogP contribution in [-0.2, 0) is 19.1 Å². The van der Waals surface area contributed by atoms with E-state index < -0.39 is 24.0 Å². The van der Waals surface area contributed by atoms with Crippen molar-refractivity contribution in [2.24, 2.45) is 28.1 Å². The van der Waals surface area contributed by atoms with Crippen molar-refractivity contribution < 1.29 is 24.2 Å². The predicted octanol–water partition coefficient (Wildman–Crippen LogP) is 2.31. The molecule has 130 valence electrons. The summed E-state index contributed by atoms with van der Waals surface area (Å²) in [6.45, 7) is 4.59. The van der Waals surface area contributed by atoms with Crippen LogP contribution in [0.3, 0.4) is 0 Å². The number of ether oxygens (including phenoxy) is 2. The lowest BCUT2D eigenvalue weighted by Crippen LogP contribution is -2.61. The number of aliphatic hydroxyl groups excluding tert-OH is 1. The Kier molecular flexibility index (Phi) is 3.79. The highest BCUT2D eigenvalue weighted by molar-refractivity contribution is 5.84. The van der Waals surface area contributed by atoms with E-state index in [0.717, 1.165) is 19.3 Å². The second-order valence-electron chi connectivity index (χ2n) is 8.96. The Balaban J connectivity index is 2.01. The second kappa shape index (κ2) is 5.20. The third kappa shape index (κ3) is 2.57. The van der Waals surface area contributed by atoms with Crippen LogP contribution in [0.4, 0.5) is 0 Å². The first-order valence-corrected chi connectivity index (χ1v) is 8.50. The zero-order valence-electron chi connectivity index (χ0n) is 14.6. The predicted molar refractivity (Wildman–Crippen MR) is 83.4 cm³/mol. The highest BCUT2D eigenvalue weighted by atomic mass is 16.5. The molecule has 0 aliphatic heterocycles. The van der Waals surface area contributed by atoms with E-state index in [4.69, 9.17) is 9.47 Å². The van der Waals surface area contributed by atoms with Crippen LogP contribution in [0.2, 0.25) is 0 Å². The first-order valence-electron chi connectivity index (χ1n) is 8.50. The molecule has 4 aliphatic rings. The molecular formula is C18H28O5. The molecule has 0 aromatic carbocycles. The first kappa shape index (κ1) is 16.7. The van der Waals surface area contributed by atoms with Gasteiger partial charge in [-0.3, -0.25) is 4.79 Å². The third-order valence-corrected chi connectivity index (χ3v) is 6.54. The van der Waals surface area contributed by atoms with Crippen molar-refractivity contribution in [3.8, 4) is 0 Å². The van der Waals surface area contributed by atoms with E-state index in [1.807, 2.05) is 0 Å². The smallest absolute Gasteiger partial charge is 0.335 e. The SMILES string of the molecule is COC(=O)C(O)C(C(=O)OC)C12CC3C[C@@](C)(C1)C[C@](C)(C3)C2. The van der Waals surface area contributed by atoms with Crippen molar-refractivity contribution in [3.05, 3.63) is 0 Å². The van der Waals surface area contributed by atoms with Crippen LogP contribution in [0, 0.1) is 28.1 Å². The third-order valence-electron chi connectivity index (χ3n) is 6.54. The van der Waals surface area contributed by atoms with Crippen LogP contribution in [0.15, 0.2) is 0 Å². The standard InChI is InChI=1S/C18H28O5/c1-16-5-11-6-17(2,8-16)10-18(7-11,9-16)12(14(20)22-3)13(19)15(21)23-4/h11-13,19H,5-10H2,1-4H3/t11?,12?,13?,16-,17+,18?. The van der Waals surface area contributed by atoms with Gasteiger partial charge < -0.3 is 14.6 Å². The Bertz CT molecular complexity index is 510. The molecule has 0 spiro atoms. The average Bonchev–Trinajstić information content (AvgIpc) is 2.41. The van der Waals surface area contributed by atoms with Gasteiger partial charge in [-0.1, -0.05) is 13.8 Å². The minimum absolute atomic E-state index is 0.191. The largest absolute Gasteiger partial charge is 0.469 e. The molecule has 4 bridgehead atoms. The van der Waals surface area contributed by atoms with Crippen LogP contribution in [0.25, 0.3) is 0 Å². The van der Waals surface area contributed by atoms with Gasteiger partial charge in [-0.15, -0.1) is 0 Å². The van der Waals surface area contributed by atoms with E-state index in [2.05, 4.69) is 13.8 Å². The molecule has 0 saturated heterocycles. The first-order chi connectivity index (χ1) is 10.7. The van der Waals surface area contributed by atoms with Crippen LogP contribution < -0.4 is 0 Å². The molecule has 0 aromatic heterocycles. The van der Waals surface area contributed by atoms with Crippen molar-refractivity contribution in [1.29, 1.82) is 0 Å². The van der Waals surface area contributed by atoms with E-state index in [1.165, 1.54) is 33.5 Å². The topological polar surface area (TPSA) is 72.8 Å². The van der Waals surface area contributed by atoms with E-state index in [9.17, 15) is 14.7 Å². The van der Waals surface area contributed by atoms with Gasteiger partial charge >= 0.3 is 11.9 Å². The number of carbonyl (C=O) groups excluding carboxylic acids is 2. The average molecular weight is 324 g/mol. The number of hydrogen-bond acceptors (Lipinski definition) is 5. The highest BCUT2D eigenvalue weighted by Crippen LogP contribution is 2.71. The normalized spacial score (nSPS) is 43.8. The summed E-state index contributed by atoms with van der Waals surface area (Å²) in [6.07, 6.45) is 4.74. The van der Waals surface area contributed by atoms with E-state index >= 15 is 0 Å². The van der Waals surface area contributed by atoms with Gasteiger partial charge in [-0.2, -0.15) is 0 Å². The van der Waals surface area contributed by atoms with E-state index in [0.29, 0.717) is 5.92 Å². The van der Waals surface area contributed by atoms with Crippen LogP contribution in [0.5, 0.6) is 0 Å². The van der Waals surface area contributed by atoms with Crippen LogP contribution in [-0.4, -0.2) is 37.4 Å². The number of carbonyl (C=O) groups is 2. The fourth-order valence-electron chi connectivity index (χ4n) is 6.98. The molecule has 4 unspecified atom stereocenters. The molecule has 0 aromatic rings. The summed E-state index contributed by atoms with van der Waals surface area (Å²) in [6, 6.07) is 0. The van der Waals surface area contributed by atoms with Crippen molar-refractivity contribution in [2.75, 3.05) is 14.2 Å². The quantitative estimate of drug-likeness (QED) is 0.803. The summed E-state index contributed by atoms with van der Waals surface area (Å²) in [5, 5.41) is 10.5. The number of methoxy groups -OCH3 is 2. The number of rotatable bonds is 4. The number of hydrogen-bond donors (Lipinski definition) is 1.